The van der Waals surface area contributed by atoms with Crippen molar-refractivity contribution < 1.29 is 9.90 Å². The normalized spacial score (nSPS) is 11.5. The van der Waals surface area contributed by atoms with E-state index in [4.69, 9.17) is 5.11 Å². The number of carboxylic acids is 1. The van der Waals surface area contributed by atoms with Crippen LogP contribution in [0.2, 0.25) is 0 Å². The van der Waals surface area contributed by atoms with Gasteiger partial charge in [-0.05, 0) is 24.1 Å². The largest absolute Gasteiger partial charge is 0.481 e. The molecule has 0 amide bonds. The summed E-state index contributed by atoms with van der Waals surface area (Å²) in [6.45, 7) is 1.86. The topological polar surface area (TPSA) is 50.2 Å². The molecule has 3 nitrogen and oxygen atoms in total. The summed E-state index contributed by atoms with van der Waals surface area (Å²) in [5, 5.41) is 8.81. The molecule has 0 aliphatic rings. The Hall–Kier alpha value is -1.09. The molecule has 13 heavy (non-hydrogen) atoms. The molecule has 1 aromatic heterocycles. The summed E-state index contributed by atoms with van der Waals surface area (Å²) in [5.74, 6) is -1.17. The monoisotopic (exact) mass is 201 g/mol. The van der Waals surface area contributed by atoms with Gasteiger partial charge >= 0.3 is 5.97 Å². The fourth-order valence-corrected chi connectivity index (χ4v) is 1.15. The highest BCUT2D eigenvalue weighted by molar-refractivity contribution is 5.85. The van der Waals surface area contributed by atoms with E-state index in [0.717, 1.165) is 5.56 Å². The summed E-state index contributed by atoms with van der Waals surface area (Å²) in [7, 11) is 0. The molecule has 1 unspecified atom stereocenters. The Morgan fingerprint density at radius 3 is 2.46 bits per heavy atom. The maximum Gasteiger partial charge on any atom is 0.310 e. The maximum atomic E-state index is 10.7. The number of halogens is 1. The van der Waals surface area contributed by atoms with Gasteiger partial charge in [-0.15, -0.1) is 12.4 Å². The standard InChI is InChI=1S/C9H11NO2.ClH/c1-2-8(9(11)12)7-3-5-10-6-4-7;/h3-6,8H,2H2,1H3,(H,11,12);1H. The SMILES string of the molecule is CCC(C(=O)O)c1ccncc1.Cl. The molecule has 0 aromatic carbocycles. The lowest BCUT2D eigenvalue weighted by Crippen LogP contribution is -2.10. The molecule has 0 saturated heterocycles. The number of aromatic nitrogens is 1. The second-order valence-electron chi connectivity index (χ2n) is 2.58. The van der Waals surface area contributed by atoms with E-state index in [1.807, 2.05) is 6.92 Å². The number of hydrogen-bond donors (Lipinski definition) is 1. The first kappa shape index (κ1) is 11.9. The summed E-state index contributed by atoms with van der Waals surface area (Å²) < 4.78 is 0. The van der Waals surface area contributed by atoms with Crippen LogP contribution in [-0.2, 0) is 4.79 Å². The Balaban J connectivity index is 0.00000144. The van der Waals surface area contributed by atoms with Crippen LogP contribution in [-0.4, -0.2) is 16.1 Å². The van der Waals surface area contributed by atoms with E-state index in [1.54, 1.807) is 24.5 Å². The highest BCUT2D eigenvalue weighted by Gasteiger charge is 2.16. The molecule has 72 valence electrons. The van der Waals surface area contributed by atoms with Gasteiger partial charge < -0.3 is 5.11 Å². The molecular formula is C9H12ClNO2. The van der Waals surface area contributed by atoms with E-state index in [2.05, 4.69) is 4.98 Å². The lowest BCUT2D eigenvalue weighted by atomic mass is 9.98. The van der Waals surface area contributed by atoms with Gasteiger partial charge in [-0.3, -0.25) is 9.78 Å². The van der Waals surface area contributed by atoms with E-state index in [9.17, 15) is 4.79 Å². The van der Waals surface area contributed by atoms with Crippen LogP contribution in [0, 0.1) is 0 Å². The molecule has 1 heterocycles. The van der Waals surface area contributed by atoms with Crippen molar-refractivity contribution in [2.24, 2.45) is 0 Å². The third kappa shape index (κ3) is 3.03. The van der Waals surface area contributed by atoms with Gasteiger partial charge in [0.1, 0.15) is 0 Å². The Kier molecular flexibility index (Phi) is 5.07. The minimum atomic E-state index is -0.774. The molecule has 1 N–H and O–H groups in total. The summed E-state index contributed by atoms with van der Waals surface area (Å²) >= 11 is 0. The van der Waals surface area contributed by atoms with Gasteiger partial charge in [0.05, 0.1) is 5.92 Å². The molecule has 0 aliphatic carbocycles. The van der Waals surface area contributed by atoms with Crippen molar-refractivity contribution in [3.05, 3.63) is 30.1 Å². The number of hydrogen-bond acceptors (Lipinski definition) is 2. The Labute approximate surface area is 83.2 Å². The third-order valence-corrected chi connectivity index (χ3v) is 1.81. The van der Waals surface area contributed by atoms with Crippen LogP contribution < -0.4 is 0 Å². The number of aliphatic carboxylic acids is 1. The number of nitrogens with zero attached hydrogens (tertiary/aromatic N) is 1. The van der Waals surface area contributed by atoms with Crippen molar-refractivity contribution in [2.75, 3.05) is 0 Å². The highest BCUT2D eigenvalue weighted by atomic mass is 35.5. The van der Waals surface area contributed by atoms with Crippen molar-refractivity contribution in [3.8, 4) is 0 Å². The second-order valence-corrected chi connectivity index (χ2v) is 2.58. The molecule has 0 aliphatic heterocycles. The molecule has 1 rings (SSSR count). The van der Waals surface area contributed by atoms with Crippen LogP contribution in [0.1, 0.15) is 24.8 Å². The fourth-order valence-electron chi connectivity index (χ4n) is 1.15. The predicted octanol–water partition coefficient (Wildman–Crippen LogP) is 2.08. The Bertz CT molecular complexity index is 264. The van der Waals surface area contributed by atoms with Crippen molar-refractivity contribution in [1.82, 2.24) is 4.98 Å². The first-order valence-electron chi connectivity index (χ1n) is 3.88. The van der Waals surface area contributed by atoms with Gasteiger partial charge in [-0.25, -0.2) is 0 Å². The predicted molar refractivity (Wildman–Crippen MR) is 52.2 cm³/mol. The van der Waals surface area contributed by atoms with Gasteiger partial charge in [-0.1, -0.05) is 6.92 Å². The van der Waals surface area contributed by atoms with Gasteiger partial charge in [0, 0.05) is 12.4 Å². The van der Waals surface area contributed by atoms with E-state index >= 15 is 0 Å². The second kappa shape index (κ2) is 5.54. The van der Waals surface area contributed by atoms with Crippen LogP contribution >= 0.6 is 12.4 Å². The summed E-state index contributed by atoms with van der Waals surface area (Å²) in [4.78, 5) is 14.5. The van der Waals surface area contributed by atoms with Crippen LogP contribution in [0.3, 0.4) is 0 Å². The van der Waals surface area contributed by atoms with Crippen molar-refractivity contribution in [1.29, 1.82) is 0 Å². The smallest absolute Gasteiger partial charge is 0.310 e. The molecule has 0 radical (unpaired) electrons. The van der Waals surface area contributed by atoms with Gasteiger partial charge in [0.25, 0.3) is 0 Å². The van der Waals surface area contributed by atoms with Gasteiger partial charge in [0.2, 0.25) is 0 Å². The fraction of sp³-hybridized carbons (Fsp3) is 0.333. The number of carboxylic acid groups (broad SMARTS) is 1. The van der Waals surface area contributed by atoms with Gasteiger partial charge in [-0.2, -0.15) is 0 Å². The van der Waals surface area contributed by atoms with E-state index < -0.39 is 11.9 Å². The number of pyridine rings is 1. The van der Waals surface area contributed by atoms with Crippen LogP contribution in [0.25, 0.3) is 0 Å². The summed E-state index contributed by atoms with van der Waals surface area (Å²) in [6, 6.07) is 3.48. The van der Waals surface area contributed by atoms with Crippen molar-refractivity contribution >= 4 is 18.4 Å². The lowest BCUT2D eigenvalue weighted by Gasteiger charge is -2.08. The third-order valence-electron chi connectivity index (χ3n) is 1.81. The van der Waals surface area contributed by atoms with Crippen LogP contribution in [0.15, 0.2) is 24.5 Å². The molecule has 0 bridgehead atoms. The number of carbonyl (C=O) groups is 1. The van der Waals surface area contributed by atoms with Crippen molar-refractivity contribution in [2.45, 2.75) is 19.3 Å². The molecule has 0 saturated carbocycles. The van der Waals surface area contributed by atoms with E-state index in [-0.39, 0.29) is 12.4 Å². The van der Waals surface area contributed by atoms with Crippen LogP contribution in [0.4, 0.5) is 0 Å². The zero-order valence-electron chi connectivity index (χ0n) is 7.30. The minimum Gasteiger partial charge on any atom is -0.481 e. The summed E-state index contributed by atoms with van der Waals surface area (Å²) in [5.41, 5.74) is 0.819. The first-order chi connectivity index (χ1) is 5.75. The molecule has 1 aromatic rings. The maximum absolute atomic E-state index is 10.7. The minimum absolute atomic E-state index is 0. The first-order valence-corrected chi connectivity index (χ1v) is 3.88. The zero-order chi connectivity index (χ0) is 8.97. The quantitative estimate of drug-likeness (QED) is 0.815. The highest BCUT2D eigenvalue weighted by Crippen LogP contribution is 2.17. The lowest BCUT2D eigenvalue weighted by molar-refractivity contribution is -0.138. The molecular weight excluding hydrogens is 190 g/mol. The summed E-state index contributed by atoms with van der Waals surface area (Å²) in [6.07, 6.45) is 3.83. The average Bonchev–Trinajstić information content (AvgIpc) is 2.07. The Morgan fingerprint density at radius 1 is 1.54 bits per heavy atom. The molecule has 0 fully saturated rings. The van der Waals surface area contributed by atoms with Crippen LogP contribution in [0.5, 0.6) is 0 Å². The average molecular weight is 202 g/mol. The zero-order valence-corrected chi connectivity index (χ0v) is 8.12. The van der Waals surface area contributed by atoms with Gasteiger partial charge in [0.15, 0.2) is 0 Å². The Morgan fingerprint density at radius 2 is 2.08 bits per heavy atom. The number of rotatable bonds is 3. The molecule has 4 heteroatoms. The van der Waals surface area contributed by atoms with E-state index in [0.29, 0.717) is 6.42 Å². The van der Waals surface area contributed by atoms with Crippen molar-refractivity contribution in [3.63, 3.8) is 0 Å². The molecule has 1 atom stereocenters. The van der Waals surface area contributed by atoms with E-state index in [1.165, 1.54) is 0 Å². The molecule has 0 spiro atoms.